The zero-order chi connectivity index (χ0) is 14.5. The summed E-state index contributed by atoms with van der Waals surface area (Å²) in [5.74, 6) is 0.150. The molecule has 5 heteroatoms. The van der Waals surface area contributed by atoms with E-state index in [1.807, 2.05) is 6.07 Å². The number of Topliss-reactive ketones (excluding diaryl/α,β-unsaturated/α-hetero) is 1. The zero-order valence-electron chi connectivity index (χ0n) is 12.0. The molecule has 0 aliphatic carbocycles. The van der Waals surface area contributed by atoms with Crippen molar-refractivity contribution in [2.24, 2.45) is 5.92 Å². The number of ether oxygens (including phenoxy) is 1. The number of carbonyl (C=O) groups excluding carboxylic acids is 2. The molecule has 1 fully saturated rings. The molecule has 0 aromatic carbocycles. The Balaban J connectivity index is 1.88. The molecule has 0 bridgehead atoms. The number of hydrogen-bond acceptors (Lipinski definition) is 5. The van der Waals surface area contributed by atoms with Gasteiger partial charge in [0.25, 0.3) is 0 Å². The monoisotopic (exact) mass is 276 g/mol. The Kier molecular flexibility index (Phi) is 4.84. The number of hydrogen-bond donors (Lipinski definition) is 0. The molecule has 5 nitrogen and oxygen atoms in total. The van der Waals surface area contributed by atoms with Gasteiger partial charge in [-0.1, -0.05) is 0 Å². The highest BCUT2D eigenvalue weighted by atomic mass is 16.5. The van der Waals surface area contributed by atoms with Crippen molar-refractivity contribution in [1.29, 1.82) is 0 Å². The fraction of sp³-hybridized carbons (Fsp3) is 0.533. The summed E-state index contributed by atoms with van der Waals surface area (Å²) in [4.78, 5) is 29.2. The lowest BCUT2D eigenvalue weighted by molar-refractivity contribution is -0.122. The van der Waals surface area contributed by atoms with Crippen LogP contribution in [0.1, 0.15) is 35.8 Å². The highest BCUT2D eigenvalue weighted by Crippen LogP contribution is 2.19. The summed E-state index contributed by atoms with van der Waals surface area (Å²) in [7, 11) is 1.36. The summed E-state index contributed by atoms with van der Waals surface area (Å²) in [5.41, 5.74) is 1.39. The first-order chi connectivity index (χ1) is 9.60. The van der Waals surface area contributed by atoms with E-state index in [-0.39, 0.29) is 11.9 Å². The van der Waals surface area contributed by atoms with E-state index in [9.17, 15) is 9.59 Å². The maximum absolute atomic E-state index is 11.3. The first kappa shape index (κ1) is 14.7. The lowest BCUT2D eigenvalue weighted by Gasteiger charge is -2.30. The van der Waals surface area contributed by atoms with Crippen LogP contribution in [-0.4, -0.2) is 41.8 Å². The number of piperidine rings is 1. The van der Waals surface area contributed by atoms with Gasteiger partial charge >= 0.3 is 5.97 Å². The molecule has 0 spiro atoms. The Labute approximate surface area is 118 Å². The summed E-state index contributed by atoms with van der Waals surface area (Å²) in [6.45, 7) is 4.27. The molecule has 0 atom stereocenters. The first-order valence-corrected chi connectivity index (χ1v) is 6.86. The van der Waals surface area contributed by atoms with E-state index in [1.54, 1.807) is 19.2 Å². The number of rotatable bonds is 4. The van der Waals surface area contributed by atoms with Gasteiger partial charge in [0, 0.05) is 18.7 Å². The maximum Gasteiger partial charge on any atom is 0.339 e. The minimum Gasteiger partial charge on any atom is -0.465 e. The van der Waals surface area contributed by atoms with Gasteiger partial charge in [0.1, 0.15) is 5.78 Å². The number of pyridine rings is 1. The number of methoxy groups -OCH3 is 1. The van der Waals surface area contributed by atoms with Crippen LogP contribution in [0.3, 0.4) is 0 Å². The minimum absolute atomic E-state index is 0.223. The Morgan fingerprint density at radius 3 is 2.55 bits per heavy atom. The second-order valence-corrected chi connectivity index (χ2v) is 5.19. The minimum atomic E-state index is -0.369. The zero-order valence-corrected chi connectivity index (χ0v) is 12.0. The second-order valence-electron chi connectivity index (χ2n) is 5.19. The van der Waals surface area contributed by atoms with E-state index in [1.165, 1.54) is 7.11 Å². The van der Waals surface area contributed by atoms with Gasteiger partial charge < -0.3 is 4.74 Å². The molecule has 1 aromatic heterocycles. The average Bonchev–Trinajstić information content (AvgIpc) is 2.48. The molecule has 1 saturated heterocycles. The van der Waals surface area contributed by atoms with Crippen molar-refractivity contribution in [2.75, 3.05) is 20.2 Å². The van der Waals surface area contributed by atoms with Crippen LogP contribution in [0.25, 0.3) is 0 Å². The third-order valence-electron chi connectivity index (χ3n) is 3.79. The third-order valence-corrected chi connectivity index (χ3v) is 3.79. The first-order valence-electron chi connectivity index (χ1n) is 6.86. The van der Waals surface area contributed by atoms with Crippen LogP contribution in [0.2, 0.25) is 0 Å². The Morgan fingerprint density at radius 2 is 2.05 bits per heavy atom. The smallest absolute Gasteiger partial charge is 0.339 e. The predicted molar refractivity (Wildman–Crippen MR) is 74.3 cm³/mol. The Hall–Kier alpha value is -1.75. The van der Waals surface area contributed by atoms with Crippen LogP contribution in [0.5, 0.6) is 0 Å². The summed E-state index contributed by atoms with van der Waals surface area (Å²) < 4.78 is 4.64. The predicted octanol–water partition coefficient (Wildman–Crippen LogP) is 1.67. The average molecular weight is 276 g/mol. The molecule has 0 amide bonds. The third kappa shape index (κ3) is 3.63. The van der Waals surface area contributed by atoms with E-state index >= 15 is 0 Å². The summed E-state index contributed by atoms with van der Waals surface area (Å²) >= 11 is 0. The molecule has 2 rings (SSSR count). The van der Waals surface area contributed by atoms with Crippen molar-refractivity contribution in [3.63, 3.8) is 0 Å². The van der Waals surface area contributed by atoms with Crippen molar-refractivity contribution in [3.8, 4) is 0 Å². The summed E-state index contributed by atoms with van der Waals surface area (Å²) in [5, 5.41) is 0. The number of esters is 1. The van der Waals surface area contributed by atoms with Crippen LogP contribution in [0.4, 0.5) is 0 Å². The Bertz CT molecular complexity index is 476. The molecule has 0 saturated carbocycles. The van der Waals surface area contributed by atoms with Crippen molar-refractivity contribution in [3.05, 3.63) is 29.6 Å². The molecule has 20 heavy (non-hydrogen) atoms. The molecule has 1 aliphatic heterocycles. The summed E-state index contributed by atoms with van der Waals surface area (Å²) in [6.07, 6.45) is 3.40. The van der Waals surface area contributed by atoms with Gasteiger partial charge in [-0.2, -0.15) is 0 Å². The van der Waals surface area contributed by atoms with Crippen LogP contribution >= 0.6 is 0 Å². The van der Waals surface area contributed by atoms with Gasteiger partial charge in [0.15, 0.2) is 0 Å². The highest BCUT2D eigenvalue weighted by molar-refractivity contribution is 5.88. The molecule has 0 radical (unpaired) electrons. The number of carbonyl (C=O) groups is 2. The van der Waals surface area contributed by atoms with Crippen LogP contribution in [-0.2, 0) is 16.1 Å². The van der Waals surface area contributed by atoms with Crippen molar-refractivity contribution in [2.45, 2.75) is 26.3 Å². The second kappa shape index (κ2) is 6.61. The van der Waals surface area contributed by atoms with Gasteiger partial charge in [0.05, 0.1) is 18.4 Å². The maximum atomic E-state index is 11.3. The highest BCUT2D eigenvalue weighted by Gasteiger charge is 2.22. The lowest BCUT2D eigenvalue weighted by Crippen LogP contribution is -2.35. The lowest BCUT2D eigenvalue weighted by atomic mass is 9.93. The molecular weight excluding hydrogens is 256 g/mol. The van der Waals surface area contributed by atoms with Crippen LogP contribution < -0.4 is 0 Å². The molecule has 0 unspecified atom stereocenters. The molecule has 1 aromatic rings. The standard InChI is InChI=1S/C15H20N2O3/c1-11(18)12-5-7-17(8-6-12)10-14-4-3-13(9-16-14)15(19)20-2/h3-4,9,12H,5-8,10H2,1-2H3. The van der Waals surface area contributed by atoms with Gasteiger partial charge in [-0.3, -0.25) is 14.7 Å². The van der Waals surface area contributed by atoms with Crippen LogP contribution in [0.15, 0.2) is 18.3 Å². The van der Waals surface area contributed by atoms with E-state index in [0.29, 0.717) is 11.3 Å². The van der Waals surface area contributed by atoms with Crippen LogP contribution in [0, 0.1) is 5.92 Å². The topological polar surface area (TPSA) is 59.5 Å². The fourth-order valence-electron chi connectivity index (χ4n) is 2.48. The number of likely N-dealkylation sites (tertiary alicyclic amines) is 1. The van der Waals surface area contributed by atoms with E-state index in [0.717, 1.165) is 38.2 Å². The molecule has 1 aliphatic rings. The SMILES string of the molecule is COC(=O)c1ccc(CN2CCC(C(C)=O)CC2)nc1. The van der Waals surface area contributed by atoms with Gasteiger partial charge in [-0.05, 0) is 45.0 Å². The van der Waals surface area contributed by atoms with E-state index < -0.39 is 0 Å². The normalized spacial score (nSPS) is 16.9. The summed E-state index contributed by atoms with van der Waals surface area (Å²) in [6, 6.07) is 3.58. The number of nitrogens with zero attached hydrogens (tertiary/aromatic N) is 2. The fourth-order valence-corrected chi connectivity index (χ4v) is 2.48. The van der Waals surface area contributed by atoms with Crippen molar-refractivity contribution < 1.29 is 14.3 Å². The van der Waals surface area contributed by atoms with Crippen molar-refractivity contribution >= 4 is 11.8 Å². The largest absolute Gasteiger partial charge is 0.465 e. The van der Waals surface area contributed by atoms with E-state index in [4.69, 9.17) is 0 Å². The van der Waals surface area contributed by atoms with Gasteiger partial charge in [-0.25, -0.2) is 4.79 Å². The van der Waals surface area contributed by atoms with Crippen molar-refractivity contribution in [1.82, 2.24) is 9.88 Å². The molecule has 108 valence electrons. The molecule has 2 heterocycles. The number of aromatic nitrogens is 1. The number of ketones is 1. The quantitative estimate of drug-likeness (QED) is 0.783. The van der Waals surface area contributed by atoms with E-state index in [2.05, 4.69) is 14.6 Å². The molecular formula is C15H20N2O3. The van der Waals surface area contributed by atoms with Gasteiger partial charge in [0.2, 0.25) is 0 Å². The van der Waals surface area contributed by atoms with Gasteiger partial charge in [-0.15, -0.1) is 0 Å². The molecule has 0 N–H and O–H groups in total. The Morgan fingerprint density at radius 1 is 1.35 bits per heavy atom.